The van der Waals surface area contributed by atoms with E-state index in [-0.39, 0.29) is 24.0 Å². The number of alkyl halides is 2. The molecule has 4 heteroatoms. The summed E-state index contributed by atoms with van der Waals surface area (Å²) < 4.78 is 32.0. The molecular weight excluding hydrogens is 224 g/mol. The molecule has 1 saturated heterocycles. The molecule has 2 aliphatic rings. The Kier molecular flexibility index (Phi) is 3.24. The molecule has 2 nitrogen and oxygen atoms in total. The maximum absolute atomic E-state index is 13.1. The number of nitrogens with zero attached hydrogens (tertiary/aromatic N) is 1. The minimum atomic E-state index is -2.47. The molecule has 2 rings (SSSR count). The Morgan fingerprint density at radius 1 is 1.18 bits per heavy atom. The van der Waals surface area contributed by atoms with Crippen molar-refractivity contribution in [3.63, 3.8) is 0 Å². The maximum Gasteiger partial charge on any atom is 0.261 e. The van der Waals surface area contributed by atoms with Gasteiger partial charge in [-0.05, 0) is 33.6 Å². The first-order valence-electron chi connectivity index (χ1n) is 6.44. The van der Waals surface area contributed by atoms with Gasteiger partial charge in [0.05, 0.1) is 18.8 Å². The number of ether oxygens (including phenoxy) is 1. The average molecular weight is 247 g/mol. The van der Waals surface area contributed by atoms with Gasteiger partial charge in [0.2, 0.25) is 0 Å². The Morgan fingerprint density at radius 2 is 1.82 bits per heavy atom. The highest BCUT2D eigenvalue weighted by Gasteiger charge is 2.48. The minimum Gasteiger partial charge on any atom is -0.375 e. The van der Waals surface area contributed by atoms with E-state index in [9.17, 15) is 8.78 Å². The van der Waals surface area contributed by atoms with E-state index in [2.05, 4.69) is 0 Å². The van der Waals surface area contributed by atoms with Crippen LogP contribution in [0.2, 0.25) is 0 Å². The van der Waals surface area contributed by atoms with Crippen LogP contribution in [0.3, 0.4) is 0 Å². The minimum absolute atomic E-state index is 0.0171. The summed E-state index contributed by atoms with van der Waals surface area (Å²) >= 11 is 0. The second kappa shape index (κ2) is 4.16. The monoisotopic (exact) mass is 247 g/mol. The zero-order chi connectivity index (χ0) is 12.7. The van der Waals surface area contributed by atoms with Crippen LogP contribution in [0.1, 0.15) is 40.0 Å². The van der Waals surface area contributed by atoms with Crippen molar-refractivity contribution in [2.24, 2.45) is 5.41 Å². The fourth-order valence-corrected chi connectivity index (χ4v) is 2.31. The molecule has 1 saturated carbocycles. The second-order valence-corrected chi connectivity index (χ2v) is 6.72. The highest BCUT2D eigenvalue weighted by molar-refractivity contribution is 4.98. The quantitative estimate of drug-likeness (QED) is 0.757. The Bertz CT molecular complexity index is 282. The lowest BCUT2D eigenvalue weighted by atomic mass is 10.1. The number of halogens is 2. The summed E-state index contributed by atoms with van der Waals surface area (Å²) in [5, 5.41) is 0. The number of likely N-dealkylation sites (tertiary alicyclic amines) is 1. The SMILES string of the molecule is CC(C)(C)OCC1(CN2CCC(F)(F)C2)CC1. The van der Waals surface area contributed by atoms with Gasteiger partial charge in [0, 0.05) is 24.9 Å². The topological polar surface area (TPSA) is 12.5 Å². The smallest absolute Gasteiger partial charge is 0.261 e. The fraction of sp³-hybridized carbons (Fsp3) is 1.00. The van der Waals surface area contributed by atoms with Gasteiger partial charge in [-0.25, -0.2) is 8.78 Å². The lowest BCUT2D eigenvalue weighted by Crippen LogP contribution is -2.35. The van der Waals surface area contributed by atoms with Gasteiger partial charge < -0.3 is 4.74 Å². The van der Waals surface area contributed by atoms with Crippen LogP contribution in [0.4, 0.5) is 8.78 Å². The van der Waals surface area contributed by atoms with Crippen LogP contribution in [-0.2, 0) is 4.74 Å². The van der Waals surface area contributed by atoms with Crippen molar-refractivity contribution in [3.05, 3.63) is 0 Å². The fourth-order valence-electron chi connectivity index (χ4n) is 2.31. The molecular formula is C13H23F2NO. The number of hydrogen-bond donors (Lipinski definition) is 0. The van der Waals surface area contributed by atoms with E-state index in [1.165, 1.54) is 0 Å². The van der Waals surface area contributed by atoms with Crippen LogP contribution < -0.4 is 0 Å². The number of hydrogen-bond acceptors (Lipinski definition) is 2. The van der Waals surface area contributed by atoms with Crippen molar-refractivity contribution in [2.75, 3.05) is 26.2 Å². The lowest BCUT2D eigenvalue weighted by molar-refractivity contribution is -0.0363. The molecule has 100 valence electrons. The first-order valence-corrected chi connectivity index (χ1v) is 6.44. The molecule has 0 spiro atoms. The normalized spacial score (nSPS) is 27.4. The van der Waals surface area contributed by atoms with E-state index in [1.54, 1.807) is 0 Å². The van der Waals surface area contributed by atoms with Crippen LogP contribution in [-0.4, -0.2) is 42.7 Å². The average Bonchev–Trinajstić information content (AvgIpc) is 2.83. The van der Waals surface area contributed by atoms with E-state index in [1.807, 2.05) is 25.7 Å². The molecule has 17 heavy (non-hydrogen) atoms. The summed E-state index contributed by atoms with van der Waals surface area (Å²) in [6.45, 7) is 8.05. The number of rotatable bonds is 4. The molecule has 1 aliphatic heterocycles. The molecule has 0 radical (unpaired) electrons. The summed E-state index contributed by atoms with van der Waals surface area (Å²) in [6.07, 6.45) is 2.25. The molecule has 0 aromatic rings. The highest BCUT2D eigenvalue weighted by Crippen LogP contribution is 2.48. The van der Waals surface area contributed by atoms with E-state index >= 15 is 0 Å². The molecule has 0 atom stereocenters. The van der Waals surface area contributed by atoms with Crippen LogP contribution in [0.5, 0.6) is 0 Å². The van der Waals surface area contributed by atoms with Crippen molar-refractivity contribution < 1.29 is 13.5 Å². The summed E-state index contributed by atoms with van der Waals surface area (Å²) in [5.74, 6) is -2.47. The first-order chi connectivity index (χ1) is 7.70. The molecule has 1 heterocycles. The predicted molar refractivity (Wildman–Crippen MR) is 63.4 cm³/mol. The second-order valence-electron chi connectivity index (χ2n) is 6.72. The van der Waals surface area contributed by atoms with Crippen LogP contribution >= 0.6 is 0 Å². The molecule has 2 fully saturated rings. The van der Waals surface area contributed by atoms with Gasteiger partial charge in [0.25, 0.3) is 5.92 Å². The largest absolute Gasteiger partial charge is 0.375 e. The van der Waals surface area contributed by atoms with Gasteiger partial charge >= 0.3 is 0 Å². The van der Waals surface area contributed by atoms with E-state index in [4.69, 9.17) is 4.74 Å². The van der Waals surface area contributed by atoms with Gasteiger partial charge in [-0.15, -0.1) is 0 Å². The lowest BCUT2D eigenvalue weighted by Gasteiger charge is -2.27. The zero-order valence-electron chi connectivity index (χ0n) is 11.1. The van der Waals surface area contributed by atoms with Crippen molar-refractivity contribution in [1.29, 1.82) is 0 Å². The first kappa shape index (κ1) is 13.2. The van der Waals surface area contributed by atoms with Gasteiger partial charge in [-0.1, -0.05) is 0 Å². The molecule has 0 amide bonds. The van der Waals surface area contributed by atoms with Crippen LogP contribution in [0.25, 0.3) is 0 Å². The van der Waals surface area contributed by atoms with Crippen molar-refractivity contribution in [2.45, 2.75) is 51.6 Å². The predicted octanol–water partition coefficient (Wildman–Crippen LogP) is 2.92. The van der Waals surface area contributed by atoms with Crippen molar-refractivity contribution in [3.8, 4) is 0 Å². The molecule has 1 aliphatic carbocycles. The van der Waals surface area contributed by atoms with E-state index in [0.29, 0.717) is 13.2 Å². The van der Waals surface area contributed by atoms with E-state index in [0.717, 1.165) is 19.4 Å². The molecule has 0 aromatic carbocycles. The van der Waals surface area contributed by atoms with Crippen LogP contribution in [0, 0.1) is 5.41 Å². The Labute approximate surface area is 102 Å². The van der Waals surface area contributed by atoms with Gasteiger partial charge in [0.1, 0.15) is 0 Å². The molecule has 0 N–H and O–H groups in total. The zero-order valence-corrected chi connectivity index (χ0v) is 11.1. The maximum atomic E-state index is 13.1. The van der Waals surface area contributed by atoms with Gasteiger partial charge in [-0.2, -0.15) is 0 Å². The summed E-state index contributed by atoms with van der Waals surface area (Å²) in [5.41, 5.74) is 0.0260. The van der Waals surface area contributed by atoms with E-state index < -0.39 is 5.92 Å². The molecule has 0 unspecified atom stereocenters. The van der Waals surface area contributed by atoms with Gasteiger partial charge in [0.15, 0.2) is 0 Å². The third-order valence-corrected chi connectivity index (χ3v) is 3.58. The van der Waals surface area contributed by atoms with Crippen LogP contribution in [0.15, 0.2) is 0 Å². The Balaban J connectivity index is 1.79. The Hall–Kier alpha value is -0.220. The Morgan fingerprint density at radius 3 is 2.24 bits per heavy atom. The van der Waals surface area contributed by atoms with Crippen molar-refractivity contribution >= 4 is 0 Å². The summed E-state index contributed by atoms with van der Waals surface area (Å²) in [4.78, 5) is 1.90. The third-order valence-electron chi connectivity index (χ3n) is 3.58. The van der Waals surface area contributed by atoms with Gasteiger partial charge in [-0.3, -0.25) is 4.90 Å². The molecule has 0 aromatic heterocycles. The highest BCUT2D eigenvalue weighted by atomic mass is 19.3. The third kappa shape index (κ3) is 3.88. The summed E-state index contributed by atoms with van der Waals surface area (Å²) in [7, 11) is 0. The van der Waals surface area contributed by atoms with Crippen molar-refractivity contribution in [1.82, 2.24) is 4.90 Å². The summed E-state index contributed by atoms with van der Waals surface area (Å²) in [6, 6.07) is 0. The molecule has 0 bridgehead atoms. The standard InChI is InChI=1S/C13H23F2NO/c1-11(2,3)17-10-12(4-5-12)8-16-7-6-13(14,15)9-16/h4-10H2,1-3H3.